The first-order chi connectivity index (χ1) is 12.1. The zero-order valence-corrected chi connectivity index (χ0v) is 13.1. The number of imidazole rings is 1. The number of fused-ring (bicyclic) bond motifs is 2. The highest BCUT2D eigenvalue weighted by atomic mass is 16.5. The minimum atomic E-state index is -0.661. The molecule has 3 heterocycles. The summed E-state index contributed by atoms with van der Waals surface area (Å²) in [5, 5.41) is 0. The normalized spacial score (nSPS) is 13.4. The van der Waals surface area contributed by atoms with Crippen LogP contribution in [0.25, 0.3) is 5.65 Å². The zero-order valence-electron chi connectivity index (χ0n) is 13.1. The Morgan fingerprint density at radius 3 is 2.36 bits per heavy atom. The maximum Gasteiger partial charge on any atom is 0.326 e. The van der Waals surface area contributed by atoms with Crippen molar-refractivity contribution in [2.75, 3.05) is 6.54 Å². The molecule has 7 nitrogen and oxygen atoms in total. The Bertz CT molecular complexity index is 940. The fourth-order valence-corrected chi connectivity index (χ4v) is 2.77. The van der Waals surface area contributed by atoms with E-state index < -0.39 is 24.3 Å². The van der Waals surface area contributed by atoms with E-state index >= 15 is 0 Å². The predicted octanol–water partition coefficient (Wildman–Crippen LogP) is 1.67. The number of hydrogen-bond acceptors (Lipinski definition) is 5. The maximum absolute atomic E-state index is 12.2. The molecule has 0 fully saturated rings. The van der Waals surface area contributed by atoms with E-state index in [4.69, 9.17) is 4.74 Å². The molecule has 0 radical (unpaired) electrons. The first-order valence-electron chi connectivity index (χ1n) is 7.67. The van der Waals surface area contributed by atoms with Crippen LogP contribution < -0.4 is 0 Å². The quantitative estimate of drug-likeness (QED) is 0.535. The molecule has 0 aliphatic carbocycles. The van der Waals surface area contributed by atoms with Crippen LogP contribution in [0.15, 0.2) is 54.9 Å². The monoisotopic (exact) mass is 335 g/mol. The van der Waals surface area contributed by atoms with E-state index in [0.717, 1.165) is 10.5 Å². The van der Waals surface area contributed by atoms with E-state index in [1.807, 2.05) is 28.8 Å². The fraction of sp³-hybridized carbons (Fsp3) is 0.111. The molecule has 0 spiro atoms. The van der Waals surface area contributed by atoms with Gasteiger partial charge in [-0.25, -0.2) is 4.98 Å². The molecular weight excluding hydrogens is 322 g/mol. The second kappa shape index (κ2) is 5.86. The van der Waals surface area contributed by atoms with Crippen LogP contribution in [0.5, 0.6) is 0 Å². The smallest absolute Gasteiger partial charge is 0.326 e. The molecule has 1 aliphatic rings. The van der Waals surface area contributed by atoms with E-state index in [2.05, 4.69) is 4.98 Å². The van der Waals surface area contributed by atoms with Crippen LogP contribution >= 0.6 is 0 Å². The average Bonchev–Trinajstić information content (AvgIpc) is 3.15. The average molecular weight is 335 g/mol. The molecule has 25 heavy (non-hydrogen) atoms. The predicted molar refractivity (Wildman–Crippen MR) is 86.8 cm³/mol. The van der Waals surface area contributed by atoms with Gasteiger partial charge in [0.15, 0.2) is 0 Å². The van der Waals surface area contributed by atoms with Gasteiger partial charge < -0.3 is 9.14 Å². The largest absolute Gasteiger partial charge is 0.458 e. The minimum absolute atomic E-state index is 0.0241. The molecule has 0 atom stereocenters. The molecule has 1 aromatic carbocycles. The number of aromatic nitrogens is 2. The van der Waals surface area contributed by atoms with E-state index in [9.17, 15) is 14.4 Å². The molecule has 0 bridgehead atoms. The van der Waals surface area contributed by atoms with Gasteiger partial charge in [-0.2, -0.15) is 0 Å². The van der Waals surface area contributed by atoms with Crippen molar-refractivity contribution >= 4 is 23.4 Å². The summed E-state index contributed by atoms with van der Waals surface area (Å²) in [4.78, 5) is 41.7. The highest BCUT2D eigenvalue weighted by Gasteiger charge is 2.36. The molecule has 0 N–H and O–H groups in total. The van der Waals surface area contributed by atoms with Crippen molar-refractivity contribution in [3.05, 3.63) is 71.7 Å². The molecule has 0 unspecified atom stereocenters. The standard InChI is InChI=1S/C18H13N3O4/c22-16(25-11-12-9-20-8-4-3-7-15(20)19-12)10-21-17(23)13-5-1-2-6-14(13)18(21)24/h1-9H,10-11H2. The second-order valence-corrected chi connectivity index (χ2v) is 5.60. The molecule has 0 saturated heterocycles. The van der Waals surface area contributed by atoms with Crippen LogP contribution in [-0.4, -0.2) is 38.6 Å². The Balaban J connectivity index is 1.41. The lowest BCUT2D eigenvalue weighted by atomic mass is 10.1. The highest BCUT2D eigenvalue weighted by molar-refractivity contribution is 6.22. The van der Waals surface area contributed by atoms with E-state index in [-0.39, 0.29) is 6.61 Å². The van der Waals surface area contributed by atoms with Gasteiger partial charge >= 0.3 is 5.97 Å². The molecule has 3 aromatic rings. The molecule has 2 amide bonds. The van der Waals surface area contributed by atoms with Gasteiger partial charge in [-0.1, -0.05) is 18.2 Å². The molecule has 0 saturated carbocycles. The number of carbonyl (C=O) groups excluding carboxylic acids is 3. The van der Waals surface area contributed by atoms with Gasteiger partial charge in [-0.05, 0) is 24.3 Å². The minimum Gasteiger partial charge on any atom is -0.458 e. The Labute approximate surface area is 142 Å². The Morgan fingerprint density at radius 2 is 1.68 bits per heavy atom. The summed E-state index contributed by atoms with van der Waals surface area (Å²) in [6, 6.07) is 12.1. The van der Waals surface area contributed by atoms with Crippen molar-refractivity contribution in [3.8, 4) is 0 Å². The summed E-state index contributed by atoms with van der Waals surface area (Å²) in [5.41, 5.74) is 1.94. The number of carbonyl (C=O) groups is 3. The zero-order chi connectivity index (χ0) is 17.4. The fourth-order valence-electron chi connectivity index (χ4n) is 2.77. The first-order valence-corrected chi connectivity index (χ1v) is 7.67. The van der Waals surface area contributed by atoms with Gasteiger partial charge in [0.25, 0.3) is 11.8 Å². The van der Waals surface area contributed by atoms with Crippen molar-refractivity contribution in [2.24, 2.45) is 0 Å². The number of rotatable bonds is 4. The molecule has 7 heteroatoms. The summed E-state index contributed by atoms with van der Waals surface area (Å²) >= 11 is 0. The summed E-state index contributed by atoms with van der Waals surface area (Å²) in [7, 11) is 0. The lowest BCUT2D eigenvalue weighted by Gasteiger charge is -2.12. The van der Waals surface area contributed by atoms with Crippen molar-refractivity contribution in [1.29, 1.82) is 0 Å². The van der Waals surface area contributed by atoms with Gasteiger partial charge in [-0.3, -0.25) is 19.3 Å². The molecule has 4 rings (SSSR count). The summed E-state index contributed by atoms with van der Waals surface area (Å²) in [6.07, 6.45) is 3.59. The number of benzene rings is 1. The molecule has 124 valence electrons. The van der Waals surface area contributed by atoms with E-state index in [1.165, 1.54) is 0 Å². The molecular formula is C18H13N3O4. The number of ether oxygens (including phenoxy) is 1. The van der Waals surface area contributed by atoms with Crippen molar-refractivity contribution in [1.82, 2.24) is 14.3 Å². The molecule has 1 aliphatic heterocycles. The van der Waals surface area contributed by atoms with Gasteiger partial charge in [0.2, 0.25) is 0 Å². The van der Waals surface area contributed by atoms with Crippen LogP contribution in [0.4, 0.5) is 0 Å². The lowest BCUT2D eigenvalue weighted by molar-refractivity contribution is -0.145. The van der Waals surface area contributed by atoms with Crippen LogP contribution in [0.2, 0.25) is 0 Å². The Kier molecular flexibility index (Phi) is 3.53. The van der Waals surface area contributed by atoms with Gasteiger partial charge in [0.05, 0.1) is 16.8 Å². The van der Waals surface area contributed by atoms with Crippen LogP contribution in [0.1, 0.15) is 26.4 Å². The van der Waals surface area contributed by atoms with Crippen molar-refractivity contribution in [2.45, 2.75) is 6.61 Å². The van der Waals surface area contributed by atoms with Gasteiger partial charge in [0.1, 0.15) is 18.8 Å². The van der Waals surface area contributed by atoms with Crippen LogP contribution in [-0.2, 0) is 16.1 Å². The lowest BCUT2D eigenvalue weighted by Crippen LogP contribution is -2.35. The number of amides is 2. The highest BCUT2D eigenvalue weighted by Crippen LogP contribution is 2.22. The number of esters is 1. The summed E-state index contributed by atoms with van der Waals surface area (Å²) in [6.45, 7) is -0.441. The first kappa shape index (κ1) is 15.1. The molecule has 2 aromatic heterocycles. The number of hydrogen-bond donors (Lipinski definition) is 0. The maximum atomic E-state index is 12.2. The summed E-state index contributed by atoms with van der Waals surface area (Å²) < 4.78 is 6.97. The second-order valence-electron chi connectivity index (χ2n) is 5.60. The number of imide groups is 1. The van der Waals surface area contributed by atoms with Crippen LogP contribution in [0.3, 0.4) is 0 Å². The van der Waals surface area contributed by atoms with Crippen LogP contribution in [0, 0.1) is 0 Å². The number of pyridine rings is 1. The van der Waals surface area contributed by atoms with Gasteiger partial charge in [0, 0.05) is 12.4 Å². The third-order valence-electron chi connectivity index (χ3n) is 3.96. The summed E-state index contributed by atoms with van der Waals surface area (Å²) in [5.74, 6) is -1.62. The van der Waals surface area contributed by atoms with E-state index in [1.54, 1.807) is 30.5 Å². The van der Waals surface area contributed by atoms with Crippen molar-refractivity contribution < 1.29 is 19.1 Å². The third kappa shape index (κ3) is 2.65. The van der Waals surface area contributed by atoms with Gasteiger partial charge in [-0.15, -0.1) is 0 Å². The van der Waals surface area contributed by atoms with E-state index in [0.29, 0.717) is 16.8 Å². The Hall–Kier alpha value is -3.48. The SMILES string of the molecule is O=C(CN1C(=O)c2ccccc2C1=O)OCc1cn2ccccc2n1. The number of nitrogens with zero attached hydrogens (tertiary/aromatic N) is 3. The Morgan fingerprint density at radius 1 is 1.00 bits per heavy atom. The third-order valence-corrected chi connectivity index (χ3v) is 3.96. The topological polar surface area (TPSA) is 81.0 Å². The van der Waals surface area contributed by atoms with Crippen molar-refractivity contribution in [3.63, 3.8) is 0 Å².